The largest absolute Gasteiger partial charge is 0.314 e. The predicted molar refractivity (Wildman–Crippen MR) is 76.7 cm³/mol. The molecule has 0 aliphatic rings. The van der Waals surface area contributed by atoms with E-state index in [1.54, 1.807) is 12.1 Å². The van der Waals surface area contributed by atoms with Crippen LogP contribution in [0.1, 0.15) is 39.2 Å². The Morgan fingerprint density at radius 1 is 1.33 bits per heavy atom. The zero-order valence-corrected chi connectivity index (χ0v) is 12.2. The molecular formula is C15H23ClFN. The summed E-state index contributed by atoms with van der Waals surface area (Å²) >= 11 is 6.04. The molecule has 0 amide bonds. The van der Waals surface area contributed by atoms with E-state index in [4.69, 9.17) is 11.6 Å². The van der Waals surface area contributed by atoms with Crippen LogP contribution < -0.4 is 5.32 Å². The molecule has 0 bridgehead atoms. The van der Waals surface area contributed by atoms with Crippen molar-refractivity contribution in [3.8, 4) is 0 Å². The van der Waals surface area contributed by atoms with Gasteiger partial charge >= 0.3 is 0 Å². The van der Waals surface area contributed by atoms with Gasteiger partial charge in [-0.3, -0.25) is 0 Å². The van der Waals surface area contributed by atoms with Crippen molar-refractivity contribution in [3.05, 3.63) is 34.6 Å². The molecule has 0 fully saturated rings. The fourth-order valence-corrected chi connectivity index (χ4v) is 2.51. The predicted octanol–water partition coefficient (Wildman–Crippen LogP) is 4.44. The Morgan fingerprint density at radius 2 is 2.06 bits per heavy atom. The van der Waals surface area contributed by atoms with Crippen LogP contribution in [0, 0.1) is 11.7 Å². The number of nitrogens with one attached hydrogen (secondary N) is 1. The van der Waals surface area contributed by atoms with Crippen LogP contribution in [0.3, 0.4) is 0 Å². The van der Waals surface area contributed by atoms with Crippen LogP contribution >= 0.6 is 11.6 Å². The molecule has 0 saturated heterocycles. The highest BCUT2D eigenvalue weighted by atomic mass is 35.5. The van der Waals surface area contributed by atoms with Gasteiger partial charge in [-0.2, -0.15) is 0 Å². The van der Waals surface area contributed by atoms with Crippen molar-refractivity contribution in [2.75, 3.05) is 6.54 Å². The van der Waals surface area contributed by atoms with Crippen LogP contribution in [-0.4, -0.2) is 12.6 Å². The zero-order valence-electron chi connectivity index (χ0n) is 11.5. The second kappa shape index (κ2) is 7.75. The van der Waals surface area contributed by atoms with E-state index in [9.17, 15) is 4.39 Å². The topological polar surface area (TPSA) is 12.0 Å². The molecule has 18 heavy (non-hydrogen) atoms. The summed E-state index contributed by atoms with van der Waals surface area (Å²) in [6.07, 6.45) is 2.72. The average molecular weight is 272 g/mol. The average Bonchev–Trinajstić information content (AvgIpc) is 2.27. The molecule has 0 heterocycles. The molecule has 0 aromatic heterocycles. The van der Waals surface area contributed by atoms with Gasteiger partial charge in [0.25, 0.3) is 0 Å². The molecule has 3 heteroatoms. The maximum absolute atomic E-state index is 13.6. The van der Waals surface area contributed by atoms with E-state index in [2.05, 4.69) is 26.1 Å². The lowest BCUT2D eigenvalue weighted by Crippen LogP contribution is -2.30. The van der Waals surface area contributed by atoms with Crippen molar-refractivity contribution in [1.29, 1.82) is 0 Å². The summed E-state index contributed by atoms with van der Waals surface area (Å²) < 4.78 is 13.6. The Bertz CT molecular complexity index is 345. The molecule has 1 unspecified atom stereocenters. The minimum absolute atomic E-state index is 0.192. The Kier molecular flexibility index (Phi) is 6.66. The van der Waals surface area contributed by atoms with E-state index in [0.29, 0.717) is 29.0 Å². The lowest BCUT2D eigenvalue weighted by Gasteiger charge is -2.20. The lowest BCUT2D eigenvalue weighted by atomic mass is 9.97. The van der Waals surface area contributed by atoms with Crippen LogP contribution in [-0.2, 0) is 6.42 Å². The van der Waals surface area contributed by atoms with Crippen molar-refractivity contribution < 1.29 is 4.39 Å². The Hall–Kier alpha value is -0.600. The van der Waals surface area contributed by atoms with Gasteiger partial charge < -0.3 is 5.32 Å². The fraction of sp³-hybridized carbons (Fsp3) is 0.600. The maximum atomic E-state index is 13.6. The molecule has 1 atom stereocenters. The van der Waals surface area contributed by atoms with E-state index in [0.717, 1.165) is 19.4 Å². The van der Waals surface area contributed by atoms with Crippen molar-refractivity contribution in [2.45, 2.75) is 46.1 Å². The maximum Gasteiger partial charge on any atom is 0.127 e. The molecule has 1 aromatic carbocycles. The van der Waals surface area contributed by atoms with Gasteiger partial charge in [-0.15, -0.1) is 0 Å². The van der Waals surface area contributed by atoms with E-state index in [1.807, 2.05) is 0 Å². The van der Waals surface area contributed by atoms with E-state index in [-0.39, 0.29) is 5.82 Å². The van der Waals surface area contributed by atoms with Gasteiger partial charge in [0.2, 0.25) is 0 Å². The number of hydrogen-bond donors (Lipinski definition) is 1. The van der Waals surface area contributed by atoms with Gasteiger partial charge in [-0.25, -0.2) is 4.39 Å². The van der Waals surface area contributed by atoms with Gasteiger partial charge in [0.1, 0.15) is 5.82 Å². The molecule has 0 aliphatic heterocycles. The second-order valence-electron chi connectivity index (χ2n) is 5.12. The molecule has 1 nitrogen and oxygen atoms in total. The molecule has 0 saturated carbocycles. The van der Waals surface area contributed by atoms with Gasteiger partial charge in [-0.1, -0.05) is 38.4 Å². The molecule has 0 spiro atoms. The first-order valence-electron chi connectivity index (χ1n) is 6.70. The van der Waals surface area contributed by atoms with E-state index in [1.165, 1.54) is 6.07 Å². The summed E-state index contributed by atoms with van der Waals surface area (Å²) in [5.41, 5.74) is 0.644. The normalized spacial score (nSPS) is 13.0. The monoisotopic (exact) mass is 271 g/mol. The quantitative estimate of drug-likeness (QED) is 0.773. The molecular weight excluding hydrogens is 249 g/mol. The Labute approximate surface area is 115 Å². The molecule has 0 radical (unpaired) electrons. The van der Waals surface area contributed by atoms with E-state index >= 15 is 0 Å². The number of rotatable bonds is 7. The second-order valence-corrected chi connectivity index (χ2v) is 5.53. The molecule has 1 aromatic rings. The SMILES string of the molecule is CCNC(CCc1c(F)cccc1Cl)CC(C)C. The van der Waals surface area contributed by atoms with Crippen molar-refractivity contribution in [3.63, 3.8) is 0 Å². The number of benzene rings is 1. The van der Waals surface area contributed by atoms with Crippen LogP contribution in [0.4, 0.5) is 4.39 Å². The summed E-state index contributed by atoms with van der Waals surface area (Å²) in [7, 11) is 0. The Balaban J connectivity index is 2.60. The highest BCUT2D eigenvalue weighted by molar-refractivity contribution is 6.31. The smallest absolute Gasteiger partial charge is 0.127 e. The lowest BCUT2D eigenvalue weighted by molar-refractivity contribution is 0.403. The molecule has 1 rings (SSSR count). The first-order chi connectivity index (χ1) is 8.54. The van der Waals surface area contributed by atoms with Gasteiger partial charge in [0.05, 0.1) is 0 Å². The molecule has 0 aliphatic carbocycles. The summed E-state index contributed by atoms with van der Waals surface area (Å²) in [5.74, 6) is 0.451. The van der Waals surface area contributed by atoms with Crippen molar-refractivity contribution in [2.24, 2.45) is 5.92 Å². The van der Waals surface area contributed by atoms with Crippen LogP contribution in [0.15, 0.2) is 18.2 Å². The van der Waals surface area contributed by atoms with Crippen molar-refractivity contribution in [1.82, 2.24) is 5.32 Å². The van der Waals surface area contributed by atoms with Crippen molar-refractivity contribution >= 4 is 11.6 Å². The first kappa shape index (κ1) is 15.5. The fourth-order valence-electron chi connectivity index (χ4n) is 2.25. The minimum Gasteiger partial charge on any atom is -0.314 e. The summed E-state index contributed by atoms with van der Waals surface area (Å²) in [4.78, 5) is 0. The number of hydrogen-bond acceptors (Lipinski definition) is 1. The summed E-state index contributed by atoms with van der Waals surface area (Å²) in [6.45, 7) is 7.46. The summed E-state index contributed by atoms with van der Waals surface area (Å²) in [5, 5.41) is 3.99. The van der Waals surface area contributed by atoms with E-state index < -0.39 is 0 Å². The Morgan fingerprint density at radius 3 is 2.61 bits per heavy atom. The molecule has 102 valence electrons. The van der Waals surface area contributed by atoms with Crippen LogP contribution in [0.2, 0.25) is 5.02 Å². The third kappa shape index (κ3) is 4.95. The third-order valence-electron chi connectivity index (χ3n) is 3.05. The van der Waals surface area contributed by atoms with Gasteiger partial charge in [0.15, 0.2) is 0 Å². The zero-order chi connectivity index (χ0) is 13.5. The van der Waals surface area contributed by atoms with Crippen LogP contribution in [0.25, 0.3) is 0 Å². The van der Waals surface area contributed by atoms with Crippen LogP contribution in [0.5, 0.6) is 0 Å². The standard InChI is InChI=1S/C15H23ClFN/c1-4-18-12(10-11(2)3)8-9-13-14(16)6-5-7-15(13)17/h5-7,11-12,18H,4,8-10H2,1-3H3. The number of halogens is 2. The first-order valence-corrected chi connectivity index (χ1v) is 7.08. The highest BCUT2D eigenvalue weighted by Gasteiger charge is 2.13. The molecule has 1 N–H and O–H groups in total. The highest BCUT2D eigenvalue weighted by Crippen LogP contribution is 2.22. The van der Waals surface area contributed by atoms with Gasteiger partial charge in [-0.05, 0) is 43.9 Å². The summed E-state index contributed by atoms with van der Waals surface area (Å²) in [6, 6.07) is 5.32. The van der Waals surface area contributed by atoms with Gasteiger partial charge in [0, 0.05) is 16.6 Å². The minimum atomic E-state index is -0.192. The third-order valence-corrected chi connectivity index (χ3v) is 3.41.